The van der Waals surface area contributed by atoms with Crippen LogP contribution in [-0.2, 0) is 4.79 Å². The molecule has 1 saturated heterocycles. The summed E-state index contributed by atoms with van der Waals surface area (Å²) in [7, 11) is 0. The Hall–Kier alpha value is -0.410. The van der Waals surface area contributed by atoms with Gasteiger partial charge in [-0.05, 0) is 45.1 Å². The monoisotopic (exact) mass is 282 g/mol. The molecule has 3 heteroatoms. The van der Waals surface area contributed by atoms with Gasteiger partial charge in [0.1, 0.15) is 5.78 Å². The Balaban J connectivity index is 0.000000956. The van der Waals surface area contributed by atoms with E-state index in [-0.39, 0.29) is 0 Å². The van der Waals surface area contributed by atoms with Gasteiger partial charge < -0.3 is 9.80 Å². The lowest BCUT2D eigenvalue weighted by molar-refractivity contribution is -0.121. The second-order valence-electron chi connectivity index (χ2n) is 6.06. The van der Waals surface area contributed by atoms with E-state index in [4.69, 9.17) is 0 Å². The van der Waals surface area contributed by atoms with Crippen molar-refractivity contribution in [2.24, 2.45) is 11.8 Å². The first-order valence-corrected chi connectivity index (χ1v) is 8.64. The number of carbonyl (C=O) groups is 1. The zero-order valence-electron chi connectivity index (χ0n) is 14.0. The molecule has 0 spiro atoms. The summed E-state index contributed by atoms with van der Waals surface area (Å²) in [5.74, 6) is 1.62. The predicted molar refractivity (Wildman–Crippen MR) is 86.0 cm³/mol. The summed E-state index contributed by atoms with van der Waals surface area (Å²) in [5, 5.41) is 0. The van der Waals surface area contributed by atoms with Crippen LogP contribution < -0.4 is 0 Å². The van der Waals surface area contributed by atoms with E-state index >= 15 is 0 Å². The zero-order valence-corrected chi connectivity index (χ0v) is 14.0. The van der Waals surface area contributed by atoms with Gasteiger partial charge in [0, 0.05) is 38.6 Å². The van der Waals surface area contributed by atoms with Crippen molar-refractivity contribution < 1.29 is 4.79 Å². The Labute approximate surface area is 125 Å². The Bertz CT molecular complexity index is 264. The van der Waals surface area contributed by atoms with Crippen LogP contribution in [0.2, 0.25) is 0 Å². The van der Waals surface area contributed by atoms with Gasteiger partial charge in [0.05, 0.1) is 0 Å². The maximum atomic E-state index is 11.3. The molecular weight excluding hydrogens is 248 g/mol. The van der Waals surface area contributed by atoms with Gasteiger partial charge in [-0.2, -0.15) is 0 Å². The normalized spacial score (nSPS) is 28.6. The number of nitrogens with zero attached hydrogens (tertiary/aromatic N) is 2. The summed E-state index contributed by atoms with van der Waals surface area (Å²) in [4.78, 5) is 16.5. The van der Waals surface area contributed by atoms with Crippen LogP contribution in [0.1, 0.15) is 53.4 Å². The number of rotatable bonds is 4. The molecule has 2 aliphatic rings. The van der Waals surface area contributed by atoms with E-state index in [1.54, 1.807) is 6.92 Å². The van der Waals surface area contributed by atoms with Crippen molar-refractivity contribution in [1.29, 1.82) is 0 Å². The fourth-order valence-electron chi connectivity index (χ4n) is 3.40. The molecule has 1 aliphatic heterocycles. The van der Waals surface area contributed by atoms with E-state index < -0.39 is 0 Å². The molecule has 0 aromatic carbocycles. The fraction of sp³-hybridized carbons (Fsp3) is 0.941. The highest BCUT2D eigenvalue weighted by atomic mass is 16.1. The highest BCUT2D eigenvalue weighted by Gasteiger charge is 2.26. The minimum Gasteiger partial charge on any atom is -0.301 e. The maximum absolute atomic E-state index is 11.3. The molecule has 0 atom stereocenters. The molecule has 2 rings (SSSR count). The van der Waals surface area contributed by atoms with Gasteiger partial charge in [-0.15, -0.1) is 0 Å². The van der Waals surface area contributed by atoms with E-state index in [0.717, 1.165) is 18.8 Å². The summed E-state index contributed by atoms with van der Waals surface area (Å²) >= 11 is 0. The first-order valence-electron chi connectivity index (χ1n) is 8.64. The molecule has 0 unspecified atom stereocenters. The molecule has 118 valence electrons. The van der Waals surface area contributed by atoms with E-state index in [1.165, 1.54) is 52.1 Å². The van der Waals surface area contributed by atoms with Gasteiger partial charge in [0.25, 0.3) is 0 Å². The standard InChI is InChI=1S/C15H28N2O.C2H6/c1-3-16-8-10-17(11-9-16)12-14-4-6-15(7-5-14)13(2)18;1-2/h14-15H,3-12H2,1-2H3;1-2H3. The van der Waals surface area contributed by atoms with Crippen LogP contribution in [0.25, 0.3) is 0 Å². The van der Waals surface area contributed by atoms with Crippen LogP contribution in [0.5, 0.6) is 0 Å². The van der Waals surface area contributed by atoms with Crippen molar-refractivity contribution in [3.63, 3.8) is 0 Å². The van der Waals surface area contributed by atoms with Crippen LogP contribution >= 0.6 is 0 Å². The second-order valence-corrected chi connectivity index (χ2v) is 6.06. The molecule has 1 saturated carbocycles. The van der Waals surface area contributed by atoms with Crippen LogP contribution in [0.3, 0.4) is 0 Å². The Kier molecular flexibility index (Phi) is 8.39. The van der Waals surface area contributed by atoms with Gasteiger partial charge in [0.2, 0.25) is 0 Å². The quantitative estimate of drug-likeness (QED) is 0.792. The third-order valence-electron chi connectivity index (χ3n) is 4.85. The molecule has 0 bridgehead atoms. The molecule has 2 fully saturated rings. The van der Waals surface area contributed by atoms with E-state index in [1.807, 2.05) is 13.8 Å². The van der Waals surface area contributed by atoms with E-state index in [9.17, 15) is 4.79 Å². The van der Waals surface area contributed by atoms with Crippen molar-refractivity contribution >= 4 is 5.78 Å². The van der Waals surface area contributed by atoms with Crippen LogP contribution in [-0.4, -0.2) is 54.9 Å². The van der Waals surface area contributed by atoms with Gasteiger partial charge in [-0.1, -0.05) is 20.8 Å². The summed E-state index contributed by atoms with van der Waals surface area (Å²) in [6.45, 7) is 15.4. The van der Waals surface area contributed by atoms with Gasteiger partial charge in [0.15, 0.2) is 0 Å². The lowest BCUT2D eigenvalue weighted by Gasteiger charge is -2.37. The lowest BCUT2D eigenvalue weighted by Crippen LogP contribution is -2.47. The average molecular weight is 282 g/mol. The Morgan fingerprint density at radius 3 is 1.90 bits per heavy atom. The number of likely N-dealkylation sites (N-methyl/N-ethyl adjacent to an activating group) is 1. The third-order valence-corrected chi connectivity index (χ3v) is 4.85. The molecule has 0 amide bonds. The summed E-state index contributed by atoms with van der Waals surface area (Å²) < 4.78 is 0. The smallest absolute Gasteiger partial charge is 0.132 e. The molecule has 0 N–H and O–H groups in total. The van der Waals surface area contributed by atoms with Gasteiger partial charge in [-0.25, -0.2) is 0 Å². The largest absolute Gasteiger partial charge is 0.301 e. The summed E-state index contributed by atoms with van der Waals surface area (Å²) in [6, 6.07) is 0. The number of piperazine rings is 1. The highest BCUT2D eigenvalue weighted by Crippen LogP contribution is 2.30. The van der Waals surface area contributed by atoms with Gasteiger partial charge in [-0.3, -0.25) is 4.79 Å². The van der Waals surface area contributed by atoms with Crippen LogP contribution in [0.15, 0.2) is 0 Å². The molecule has 1 heterocycles. The van der Waals surface area contributed by atoms with Gasteiger partial charge >= 0.3 is 0 Å². The Morgan fingerprint density at radius 1 is 0.950 bits per heavy atom. The highest BCUT2D eigenvalue weighted by molar-refractivity contribution is 5.78. The number of hydrogen-bond acceptors (Lipinski definition) is 3. The van der Waals surface area contributed by atoms with Crippen molar-refractivity contribution in [3.05, 3.63) is 0 Å². The summed E-state index contributed by atoms with van der Waals surface area (Å²) in [5.41, 5.74) is 0. The second kappa shape index (κ2) is 9.51. The average Bonchev–Trinajstić information content (AvgIpc) is 2.50. The number of hydrogen-bond donors (Lipinski definition) is 0. The molecule has 1 aliphatic carbocycles. The molecule has 20 heavy (non-hydrogen) atoms. The van der Waals surface area contributed by atoms with Crippen molar-refractivity contribution in [3.8, 4) is 0 Å². The van der Waals surface area contributed by atoms with Crippen LogP contribution in [0.4, 0.5) is 0 Å². The zero-order chi connectivity index (χ0) is 15.0. The first kappa shape index (κ1) is 17.6. The first-order chi connectivity index (χ1) is 9.69. The molecule has 3 nitrogen and oxygen atoms in total. The SMILES string of the molecule is CC.CCN1CCN(CC2CCC(C(C)=O)CC2)CC1. The number of Topliss-reactive ketones (excluding diaryl/α,β-unsaturated/α-hetero) is 1. The minimum absolute atomic E-state index is 0.373. The topological polar surface area (TPSA) is 23.6 Å². The van der Waals surface area contributed by atoms with Crippen molar-refractivity contribution in [1.82, 2.24) is 9.80 Å². The third kappa shape index (κ3) is 5.53. The molecule has 0 aromatic rings. The Morgan fingerprint density at radius 2 is 1.45 bits per heavy atom. The maximum Gasteiger partial charge on any atom is 0.132 e. The molecular formula is C17H34N2O. The lowest BCUT2D eigenvalue weighted by atomic mass is 9.80. The number of carbonyl (C=O) groups excluding carboxylic acids is 1. The molecule has 0 radical (unpaired) electrons. The van der Waals surface area contributed by atoms with Crippen molar-refractivity contribution in [2.75, 3.05) is 39.3 Å². The van der Waals surface area contributed by atoms with E-state index in [0.29, 0.717) is 11.7 Å². The number of ketones is 1. The fourth-order valence-corrected chi connectivity index (χ4v) is 3.40. The minimum atomic E-state index is 0.373. The van der Waals surface area contributed by atoms with Crippen molar-refractivity contribution in [2.45, 2.75) is 53.4 Å². The summed E-state index contributed by atoms with van der Waals surface area (Å²) in [6.07, 6.45) is 4.79. The van der Waals surface area contributed by atoms with E-state index in [2.05, 4.69) is 16.7 Å². The predicted octanol–water partition coefficient (Wildman–Crippen LogP) is 3.05. The van der Waals surface area contributed by atoms with Crippen LogP contribution in [0, 0.1) is 11.8 Å². The molecule has 0 aromatic heterocycles.